The number of hydrogen-bond donors (Lipinski definition) is 1. The van der Waals surface area contributed by atoms with Crippen LogP contribution in [0.25, 0.3) is 0 Å². The number of benzene rings is 1. The van der Waals surface area contributed by atoms with Crippen LogP contribution in [0.2, 0.25) is 0 Å². The van der Waals surface area contributed by atoms with Crippen molar-refractivity contribution >= 4 is 5.91 Å². The van der Waals surface area contributed by atoms with Crippen LogP contribution in [0.1, 0.15) is 18.9 Å². The first kappa shape index (κ1) is 10.2. The summed E-state index contributed by atoms with van der Waals surface area (Å²) in [5, 5.41) is 2.96. The van der Waals surface area contributed by atoms with Gasteiger partial charge in [0.2, 0.25) is 5.91 Å². The first-order chi connectivity index (χ1) is 7.25. The number of amides is 1. The number of piperidine rings is 1. The van der Waals surface area contributed by atoms with Crippen LogP contribution < -0.4 is 5.32 Å². The van der Waals surface area contributed by atoms with Gasteiger partial charge >= 0.3 is 0 Å². The van der Waals surface area contributed by atoms with Crippen molar-refractivity contribution in [1.82, 2.24) is 5.32 Å². The summed E-state index contributed by atoms with van der Waals surface area (Å²) >= 11 is 0. The van der Waals surface area contributed by atoms with Crippen LogP contribution in [-0.4, -0.2) is 12.5 Å². The monoisotopic (exact) mass is 203 g/mol. The minimum absolute atomic E-state index is 0.174. The molecule has 1 amide bonds. The maximum atomic E-state index is 11.3. The molecule has 0 aromatic heterocycles. The Hall–Kier alpha value is -1.31. The van der Waals surface area contributed by atoms with Gasteiger partial charge < -0.3 is 5.32 Å². The highest BCUT2D eigenvalue weighted by Crippen LogP contribution is 2.20. The molecular formula is C13H17NO. The summed E-state index contributed by atoms with van der Waals surface area (Å²) < 4.78 is 0. The van der Waals surface area contributed by atoms with Gasteiger partial charge in [0.15, 0.2) is 0 Å². The van der Waals surface area contributed by atoms with Crippen molar-refractivity contribution in [2.24, 2.45) is 11.8 Å². The molecule has 1 heterocycles. The van der Waals surface area contributed by atoms with E-state index in [0.717, 1.165) is 19.4 Å². The van der Waals surface area contributed by atoms with E-state index < -0.39 is 0 Å². The largest absolute Gasteiger partial charge is 0.356 e. The third kappa shape index (κ3) is 2.58. The molecule has 1 aromatic carbocycles. The van der Waals surface area contributed by atoms with Gasteiger partial charge in [0, 0.05) is 12.5 Å². The second-order valence-electron chi connectivity index (χ2n) is 4.44. The zero-order valence-corrected chi connectivity index (χ0v) is 9.07. The van der Waals surface area contributed by atoms with Gasteiger partial charge in [0.05, 0.1) is 0 Å². The molecule has 15 heavy (non-hydrogen) atoms. The molecule has 0 spiro atoms. The van der Waals surface area contributed by atoms with E-state index in [1.165, 1.54) is 5.56 Å². The van der Waals surface area contributed by atoms with Gasteiger partial charge in [-0.1, -0.05) is 37.3 Å². The maximum absolute atomic E-state index is 11.3. The second-order valence-corrected chi connectivity index (χ2v) is 4.44. The number of nitrogens with one attached hydrogen (secondary N) is 1. The van der Waals surface area contributed by atoms with Crippen molar-refractivity contribution in [3.63, 3.8) is 0 Å². The molecular weight excluding hydrogens is 186 g/mol. The Morgan fingerprint density at radius 1 is 1.33 bits per heavy atom. The molecule has 1 fully saturated rings. The highest BCUT2D eigenvalue weighted by molar-refractivity contribution is 5.78. The van der Waals surface area contributed by atoms with Gasteiger partial charge in [0.25, 0.3) is 0 Å². The summed E-state index contributed by atoms with van der Waals surface area (Å²) in [6.45, 7) is 2.84. The van der Waals surface area contributed by atoms with Crippen LogP contribution in [-0.2, 0) is 11.2 Å². The van der Waals surface area contributed by atoms with E-state index in [1.54, 1.807) is 0 Å². The zero-order valence-electron chi connectivity index (χ0n) is 9.07. The quantitative estimate of drug-likeness (QED) is 0.782. The lowest BCUT2D eigenvalue weighted by Gasteiger charge is -2.27. The number of carbonyl (C=O) groups is 1. The van der Waals surface area contributed by atoms with E-state index in [2.05, 4.69) is 29.6 Å². The normalized spacial score (nSPS) is 26.1. The van der Waals surface area contributed by atoms with E-state index in [0.29, 0.717) is 5.92 Å². The SMILES string of the molecule is CC1CC(Cc2ccccc2)CNC1=O. The molecule has 2 rings (SSSR count). The fraction of sp³-hybridized carbons (Fsp3) is 0.462. The molecule has 0 bridgehead atoms. The van der Waals surface area contributed by atoms with Crippen LogP contribution in [0.5, 0.6) is 0 Å². The van der Waals surface area contributed by atoms with Crippen molar-refractivity contribution in [1.29, 1.82) is 0 Å². The van der Waals surface area contributed by atoms with E-state index in [-0.39, 0.29) is 11.8 Å². The van der Waals surface area contributed by atoms with Gasteiger partial charge in [-0.2, -0.15) is 0 Å². The van der Waals surface area contributed by atoms with Gasteiger partial charge in [-0.3, -0.25) is 4.79 Å². The van der Waals surface area contributed by atoms with Crippen LogP contribution in [0.4, 0.5) is 0 Å². The fourth-order valence-electron chi connectivity index (χ4n) is 2.21. The van der Waals surface area contributed by atoms with Gasteiger partial charge in [0.1, 0.15) is 0 Å². The maximum Gasteiger partial charge on any atom is 0.222 e. The highest BCUT2D eigenvalue weighted by Gasteiger charge is 2.24. The van der Waals surface area contributed by atoms with Crippen LogP contribution in [0.3, 0.4) is 0 Å². The number of carbonyl (C=O) groups excluding carboxylic acids is 1. The average molecular weight is 203 g/mol. The molecule has 2 heteroatoms. The smallest absolute Gasteiger partial charge is 0.222 e. The van der Waals surface area contributed by atoms with Crippen LogP contribution >= 0.6 is 0 Å². The van der Waals surface area contributed by atoms with E-state index in [4.69, 9.17) is 0 Å². The van der Waals surface area contributed by atoms with E-state index >= 15 is 0 Å². The molecule has 80 valence electrons. The third-order valence-electron chi connectivity index (χ3n) is 3.07. The van der Waals surface area contributed by atoms with Crippen molar-refractivity contribution in [2.75, 3.05) is 6.54 Å². The molecule has 2 nitrogen and oxygen atoms in total. The standard InChI is InChI=1S/C13H17NO/c1-10-7-12(9-14-13(10)15)8-11-5-3-2-4-6-11/h2-6,10,12H,7-9H2,1H3,(H,14,15). The Morgan fingerprint density at radius 3 is 2.73 bits per heavy atom. The van der Waals surface area contributed by atoms with Crippen LogP contribution in [0.15, 0.2) is 30.3 Å². The Bertz CT molecular complexity index is 334. The Balaban J connectivity index is 1.94. The lowest BCUT2D eigenvalue weighted by Crippen LogP contribution is -2.41. The van der Waals surface area contributed by atoms with Crippen molar-refractivity contribution in [3.05, 3.63) is 35.9 Å². The Kier molecular flexibility index (Phi) is 3.05. The fourth-order valence-corrected chi connectivity index (χ4v) is 2.21. The molecule has 1 saturated heterocycles. The van der Waals surface area contributed by atoms with Crippen molar-refractivity contribution < 1.29 is 4.79 Å². The summed E-state index contributed by atoms with van der Waals surface area (Å²) in [4.78, 5) is 11.3. The summed E-state index contributed by atoms with van der Waals surface area (Å²) in [5.74, 6) is 0.979. The van der Waals surface area contributed by atoms with Gasteiger partial charge in [-0.05, 0) is 24.3 Å². The molecule has 1 aromatic rings. The summed E-state index contributed by atoms with van der Waals surface area (Å²) in [6, 6.07) is 10.5. The molecule has 0 aliphatic carbocycles. The number of rotatable bonds is 2. The topological polar surface area (TPSA) is 29.1 Å². The van der Waals surface area contributed by atoms with Gasteiger partial charge in [-0.15, -0.1) is 0 Å². The molecule has 1 N–H and O–H groups in total. The summed E-state index contributed by atoms with van der Waals surface area (Å²) in [7, 11) is 0. The lowest BCUT2D eigenvalue weighted by atomic mass is 9.87. The predicted octanol–water partition coefficient (Wildman–Crippen LogP) is 2.00. The van der Waals surface area contributed by atoms with E-state index in [1.807, 2.05) is 13.0 Å². The molecule has 0 saturated carbocycles. The van der Waals surface area contributed by atoms with Crippen molar-refractivity contribution in [3.8, 4) is 0 Å². The third-order valence-corrected chi connectivity index (χ3v) is 3.07. The van der Waals surface area contributed by atoms with E-state index in [9.17, 15) is 4.79 Å². The molecule has 0 radical (unpaired) electrons. The predicted molar refractivity (Wildman–Crippen MR) is 60.4 cm³/mol. The Labute approximate surface area is 90.7 Å². The first-order valence-electron chi connectivity index (χ1n) is 5.57. The number of hydrogen-bond acceptors (Lipinski definition) is 1. The minimum atomic E-state index is 0.174. The zero-order chi connectivity index (χ0) is 10.7. The average Bonchev–Trinajstić information content (AvgIpc) is 2.25. The molecule has 1 aliphatic heterocycles. The first-order valence-corrected chi connectivity index (χ1v) is 5.57. The second kappa shape index (κ2) is 4.47. The molecule has 2 atom stereocenters. The Morgan fingerprint density at radius 2 is 2.07 bits per heavy atom. The minimum Gasteiger partial charge on any atom is -0.356 e. The lowest BCUT2D eigenvalue weighted by molar-refractivity contribution is -0.127. The van der Waals surface area contributed by atoms with Crippen LogP contribution in [0, 0.1) is 11.8 Å². The summed E-state index contributed by atoms with van der Waals surface area (Å²) in [6.07, 6.45) is 2.09. The highest BCUT2D eigenvalue weighted by atomic mass is 16.1. The van der Waals surface area contributed by atoms with Gasteiger partial charge in [-0.25, -0.2) is 0 Å². The van der Waals surface area contributed by atoms with Crippen molar-refractivity contribution in [2.45, 2.75) is 19.8 Å². The molecule has 2 unspecified atom stereocenters. The summed E-state index contributed by atoms with van der Waals surface area (Å²) in [5.41, 5.74) is 1.37. The molecule has 1 aliphatic rings.